The van der Waals surface area contributed by atoms with E-state index in [9.17, 15) is 9.18 Å². The molecule has 0 saturated heterocycles. The number of aromatic nitrogens is 2. The minimum Gasteiger partial charge on any atom is -0.393 e. The standard InChI is InChI=1S/C23H25FN4O2/c1-5-15(2)30-25-14-17-10-12-18(13-11-17)19-8-6-7-9-20(19)26-23(29)21-16(3)27-28(4)22(21)24/h6-15H,5H2,1-4H3,(H,26,29)/b25-14+. The second-order valence-electron chi connectivity index (χ2n) is 7.06. The van der Waals surface area contributed by atoms with E-state index in [-0.39, 0.29) is 11.7 Å². The van der Waals surface area contributed by atoms with Crippen LogP contribution in [0.3, 0.4) is 0 Å². The van der Waals surface area contributed by atoms with Crippen LogP contribution in [0, 0.1) is 12.9 Å². The maximum absolute atomic E-state index is 14.2. The molecule has 30 heavy (non-hydrogen) atoms. The summed E-state index contributed by atoms with van der Waals surface area (Å²) in [5.41, 5.74) is 3.51. The minimum absolute atomic E-state index is 0.0554. The summed E-state index contributed by atoms with van der Waals surface area (Å²) >= 11 is 0. The van der Waals surface area contributed by atoms with Crippen molar-refractivity contribution in [3.05, 3.63) is 71.3 Å². The first-order valence-corrected chi connectivity index (χ1v) is 9.79. The number of carbonyl (C=O) groups excluding carboxylic acids is 1. The highest BCUT2D eigenvalue weighted by molar-refractivity contribution is 6.07. The Bertz CT molecular complexity index is 1060. The molecule has 1 atom stereocenters. The number of amides is 1. The molecule has 0 spiro atoms. The van der Waals surface area contributed by atoms with E-state index in [1.54, 1.807) is 19.2 Å². The van der Waals surface area contributed by atoms with Crippen molar-refractivity contribution in [2.24, 2.45) is 12.2 Å². The Kier molecular flexibility index (Phi) is 6.61. The molecule has 1 aromatic heterocycles. The zero-order valence-corrected chi connectivity index (χ0v) is 17.5. The van der Waals surface area contributed by atoms with E-state index in [0.29, 0.717) is 11.4 Å². The lowest BCUT2D eigenvalue weighted by molar-refractivity contribution is 0.0712. The van der Waals surface area contributed by atoms with Crippen LogP contribution in [0.2, 0.25) is 0 Å². The van der Waals surface area contributed by atoms with Gasteiger partial charge in [-0.05, 0) is 37.5 Å². The molecule has 0 radical (unpaired) electrons. The molecule has 6 nitrogen and oxygen atoms in total. The lowest BCUT2D eigenvalue weighted by atomic mass is 10.0. The highest BCUT2D eigenvalue weighted by Gasteiger charge is 2.21. The number of carbonyl (C=O) groups is 1. The van der Waals surface area contributed by atoms with E-state index in [1.165, 1.54) is 7.05 Å². The molecular formula is C23H25FN4O2. The number of hydrogen-bond acceptors (Lipinski definition) is 4. The lowest BCUT2D eigenvalue weighted by Gasteiger charge is -2.11. The third kappa shape index (κ3) is 4.74. The second kappa shape index (κ2) is 9.35. The molecule has 3 aromatic rings. The number of rotatable bonds is 7. The summed E-state index contributed by atoms with van der Waals surface area (Å²) in [6.07, 6.45) is 2.63. The zero-order chi connectivity index (χ0) is 21.7. The van der Waals surface area contributed by atoms with Gasteiger partial charge >= 0.3 is 0 Å². The molecule has 0 aliphatic rings. The number of nitrogens with zero attached hydrogens (tertiary/aromatic N) is 3. The van der Waals surface area contributed by atoms with Gasteiger partial charge in [-0.15, -0.1) is 0 Å². The second-order valence-corrected chi connectivity index (χ2v) is 7.06. The predicted octanol–water partition coefficient (Wildman–Crippen LogP) is 4.94. The maximum atomic E-state index is 14.2. The number of anilines is 1. The van der Waals surface area contributed by atoms with Gasteiger partial charge < -0.3 is 10.2 Å². The van der Waals surface area contributed by atoms with Crippen LogP contribution >= 0.6 is 0 Å². The first-order chi connectivity index (χ1) is 14.4. The van der Waals surface area contributed by atoms with Crippen molar-refractivity contribution in [3.63, 3.8) is 0 Å². The van der Waals surface area contributed by atoms with E-state index >= 15 is 0 Å². The SMILES string of the molecule is CCC(C)O/N=C/c1ccc(-c2ccccc2NC(=O)c2c(C)nn(C)c2F)cc1. The van der Waals surface area contributed by atoms with Crippen molar-refractivity contribution in [2.45, 2.75) is 33.3 Å². The molecule has 1 amide bonds. The molecule has 156 valence electrons. The van der Waals surface area contributed by atoms with E-state index in [1.807, 2.05) is 56.3 Å². The molecule has 0 aliphatic carbocycles. The predicted molar refractivity (Wildman–Crippen MR) is 116 cm³/mol. The number of para-hydroxylation sites is 1. The monoisotopic (exact) mass is 408 g/mol. The van der Waals surface area contributed by atoms with E-state index in [4.69, 9.17) is 4.84 Å². The fourth-order valence-electron chi connectivity index (χ4n) is 2.94. The van der Waals surface area contributed by atoms with Crippen molar-refractivity contribution in [1.29, 1.82) is 0 Å². The summed E-state index contributed by atoms with van der Waals surface area (Å²) in [5, 5.41) is 10.8. The van der Waals surface area contributed by atoms with Crippen LogP contribution in [0.4, 0.5) is 10.1 Å². The van der Waals surface area contributed by atoms with Gasteiger partial charge in [0.2, 0.25) is 5.95 Å². The summed E-state index contributed by atoms with van der Waals surface area (Å²) in [5.74, 6) is -1.19. The summed E-state index contributed by atoms with van der Waals surface area (Å²) in [4.78, 5) is 18.0. The molecule has 1 N–H and O–H groups in total. The quantitative estimate of drug-likeness (QED) is 0.445. The molecule has 1 heterocycles. The van der Waals surface area contributed by atoms with Gasteiger partial charge in [-0.2, -0.15) is 9.49 Å². The van der Waals surface area contributed by atoms with Crippen molar-refractivity contribution >= 4 is 17.8 Å². The summed E-state index contributed by atoms with van der Waals surface area (Å²) in [7, 11) is 1.46. The third-order valence-corrected chi connectivity index (χ3v) is 4.79. The average molecular weight is 408 g/mol. The first kappa shape index (κ1) is 21.2. The summed E-state index contributed by atoms with van der Waals surface area (Å²) < 4.78 is 15.3. The minimum atomic E-state index is -0.661. The summed E-state index contributed by atoms with van der Waals surface area (Å²) in [6.45, 7) is 5.61. The number of benzene rings is 2. The van der Waals surface area contributed by atoms with Crippen LogP contribution in [0.1, 0.15) is 41.9 Å². The van der Waals surface area contributed by atoms with Crippen LogP contribution in [0.5, 0.6) is 0 Å². The largest absolute Gasteiger partial charge is 0.393 e. The molecule has 7 heteroatoms. The zero-order valence-electron chi connectivity index (χ0n) is 17.5. The molecule has 0 bridgehead atoms. The maximum Gasteiger partial charge on any atom is 0.262 e. The number of oxime groups is 1. The van der Waals surface area contributed by atoms with Crippen LogP contribution in [0.25, 0.3) is 11.1 Å². The normalized spacial score (nSPS) is 12.2. The number of hydrogen-bond donors (Lipinski definition) is 1. The van der Waals surface area contributed by atoms with E-state index in [0.717, 1.165) is 27.8 Å². The molecule has 3 rings (SSSR count). The Morgan fingerprint density at radius 1 is 1.27 bits per heavy atom. The van der Waals surface area contributed by atoms with Crippen molar-refractivity contribution in [2.75, 3.05) is 5.32 Å². The van der Waals surface area contributed by atoms with Gasteiger partial charge in [-0.25, -0.2) is 4.68 Å². The Balaban J connectivity index is 1.81. The molecule has 0 aliphatic heterocycles. The van der Waals surface area contributed by atoms with E-state index < -0.39 is 11.9 Å². The molecule has 2 aromatic carbocycles. The topological polar surface area (TPSA) is 68.5 Å². The van der Waals surface area contributed by atoms with Gasteiger partial charge in [-0.1, -0.05) is 54.5 Å². The lowest BCUT2D eigenvalue weighted by Crippen LogP contribution is -2.15. The Morgan fingerprint density at radius 3 is 2.60 bits per heavy atom. The fourth-order valence-corrected chi connectivity index (χ4v) is 2.94. The van der Waals surface area contributed by atoms with Crippen molar-refractivity contribution in [1.82, 2.24) is 9.78 Å². The van der Waals surface area contributed by atoms with Crippen molar-refractivity contribution < 1.29 is 14.0 Å². The van der Waals surface area contributed by atoms with Gasteiger partial charge in [0.1, 0.15) is 11.7 Å². The smallest absolute Gasteiger partial charge is 0.262 e. The van der Waals surface area contributed by atoms with Crippen LogP contribution in [-0.2, 0) is 11.9 Å². The van der Waals surface area contributed by atoms with Gasteiger partial charge in [0.05, 0.1) is 11.9 Å². The number of nitrogens with one attached hydrogen (secondary N) is 1. The van der Waals surface area contributed by atoms with Crippen LogP contribution < -0.4 is 5.32 Å². The Hall–Kier alpha value is -3.48. The molecule has 0 saturated carbocycles. The first-order valence-electron chi connectivity index (χ1n) is 9.79. The molecule has 0 fully saturated rings. The molecule has 1 unspecified atom stereocenters. The highest BCUT2D eigenvalue weighted by Crippen LogP contribution is 2.28. The van der Waals surface area contributed by atoms with Crippen molar-refractivity contribution in [3.8, 4) is 11.1 Å². The van der Waals surface area contributed by atoms with Crippen LogP contribution in [-0.4, -0.2) is 28.0 Å². The third-order valence-electron chi connectivity index (χ3n) is 4.79. The van der Waals surface area contributed by atoms with Gasteiger partial charge in [0.25, 0.3) is 5.91 Å². The number of aryl methyl sites for hydroxylation is 2. The van der Waals surface area contributed by atoms with Gasteiger partial charge in [0.15, 0.2) is 0 Å². The highest BCUT2D eigenvalue weighted by atomic mass is 19.1. The number of halogens is 1. The van der Waals surface area contributed by atoms with Gasteiger partial charge in [0, 0.05) is 18.3 Å². The van der Waals surface area contributed by atoms with E-state index in [2.05, 4.69) is 15.6 Å². The Morgan fingerprint density at radius 2 is 1.97 bits per heavy atom. The fraction of sp³-hybridized carbons (Fsp3) is 0.261. The Labute approximate surface area is 175 Å². The van der Waals surface area contributed by atoms with Gasteiger partial charge in [-0.3, -0.25) is 4.79 Å². The molecular weight excluding hydrogens is 383 g/mol. The summed E-state index contributed by atoms with van der Waals surface area (Å²) in [6, 6.07) is 15.1. The average Bonchev–Trinajstić information content (AvgIpc) is 3.00. The van der Waals surface area contributed by atoms with Crippen LogP contribution in [0.15, 0.2) is 53.7 Å².